The quantitative estimate of drug-likeness (QED) is 0.602. The molecule has 0 spiro atoms. The zero-order chi connectivity index (χ0) is 9.40. The highest BCUT2D eigenvalue weighted by Crippen LogP contribution is 1.92. The van der Waals surface area contributed by atoms with Gasteiger partial charge in [0.15, 0.2) is 0 Å². The van der Waals surface area contributed by atoms with Crippen molar-refractivity contribution in [1.82, 2.24) is 9.80 Å². The van der Waals surface area contributed by atoms with Crippen LogP contribution in [0.4, 0.5) is 0 Å². The summed E-state index contributed by atoms with van der Waals surface area (Å²) >= 11 is 0. The predicted octanol–water partition coefficient (Wildman–Crippen LogP) is 2.14. The fraction of sp³-hybridized carbons (Fsp3) is 0.800. The van der Waals surface area contributed by atoms with Crippen LogP contribution in [0.5, 0.6) is 0 Å². The van der Waals surface area contributed by atoms with Gasteiger partial charge in [-0.2, -0.15) is 0 Å². The van der Waals surface area contributed by atoms with Gasteiger partial charge < -0.3 is 9.80 Å². The number of rotatable bonds is 6. The van der Waals surface area contributed by atoms with Crippen LogP contribution in [0.2, 0.25) is 0 Å². The van der Waals surface area contributed by atoms with Gasteiger partial charge in [-0.3, -0.25) is 0 Å². The Morgan fingerprint density at radius 1 is 0.667 bits per heavy atom. The zero-order valence-corrected chi connectivity index (χ0v) is 8.88. The summed E-state index contributed by atoms with van der Waals surface area (Å²) < 4.78 is 0. The smallest absolute Gasteiger partial charge is 0.0152 e. The molecule has 2 heteroatoms. The Labute approximate surface area is 76.9 Å². The maximum absolute atomic E-state index is 2.29. The van der Waals surface area contributed by atoms with E-state index in [-0.39, 0.29) is 0 Å². The van der Waals surface area contributed by atoms with Gasteiger partial charge in [0.2, 0.25) is 0 Å². The Bertz CT molecular complexity index is 99.0. The lowest BCUT2D eigenvalue weighted by Gasteiger charge is -2.19. The lowest BCUT2D eigenvalue weighted by Crippen LogP contribution is -2.20. The minimum atomic E-state index is 1.09. The average Bonchev–Trinajstić information content (AvgIpc) is 2.13. The summed E-state index contributed by atoms with van der Waals surface area (Å²) in [6.07, 6.45) is 4.35. The van der Waals surface area contributed by atoms with Gasteiger partial charge in [-0.05, 0) is 27.7 Å². The van der Waals surface area contributed by atoms with Crippen molar-refractivity contribution in [2.75, 3.05) is 26.2 Å². The third-order valence-corrected chi connectivity index (χ3v) is 2.11. The summed E-state index contributed by atoms with van der Waals surface area (Å²) in [7, 11) is 0. The van der Waals surface area contributed by atoms with Gasteiger partial charge in [0, 0.05) is 38.6 Å². The van der Waals surface area contributed by atoms with Gasteiger partial charge in [0.05, 0.1) is 0 Å². The van der Waals surface area contributed by atoms with Gasteiger partial charge in [0.1, 0.15) is 0 Å². The van der Waals surface area contributed by atoms with Crippen molar-refractivity contribution in [3.05, 3.63) is 12.4 Å². The molecule has 0 bridgehead atoms. The average molecular weight is 170 g/mol. The molecule has 0 atom stereocenters. The molecule has 0 saturated carbocycles. The molecule has 0 aromatic carbocycles. The van der Waals surface area contributed by atoms with Crippen molar-refractivity contribution in [2.24, 2.45) is 0 Å². The summed E-state index contributed by atoms with van der Waals surface area (Å²) in [4.78, 5) is 4.58. The molecule has 0 aromatic heterocycles. The van der Waals surface area contributed by atoms with Crippen LogP contribution in [0, 0.1) is 0 Å². The van der Waals surface area contributed by atoms with Crippen LogP contribution in [0.25, 0.3) is 0 Å². The van der Waals surface area contributed by atoms with Crippen LogP contribution < -0.4 is 0 Å². The van der Waals surface area contributed by atoms with Crippen LogP contribution in [-0.4, -0.2) is 36.0 Å². The molecule has 0 radical (unpaired) electrons. The fourth-order valence-corrected chi connectivity index (χ4v) is 1.06. The van der Waals surface area contributed by atoms with Gasteiger partial charge in [-0.1, -0.05) is 0 Å². The highest BCUT2D eigenvalue weighted by atomic mass is 15.1. The summed E-state index contributed by atoms with van der Waals surface area (Å²) in [6.45, 7) is 13.1. The molecule has 0 aliphatic carbocycles. The topological polar surface area (TPSA) is 6.48 Å². The van der Waals surface area contributed by atoms with Crippen LogP contribution >= 0.6 is 0 Å². The van der Waals surface area contributed by atoms with Gasteiger partial charge in [-0.15, -0.1) is 0 Å². The zero-order valence-electron chi connectivity index (χ0n) is 8.88. The summed E-state index contributed by atoms with van der Waals surface area (Å²) in [5.74, 6) is 0. The Hall–Kier alpha value is -0.660. The first-order valence-corrected chi connectivity index (χ1v) is 4.94. The van der Waals surface area contributed by atoms with E-state index >= 15 is 0 Å². The van der Waals surface area contributed by atoms with Crippen molar-refractivity contribution >= 4 is 0 Å². The van der Waals surface area contributed by atoms with Gasteiger partial charge in [0.25, 0.3) is 0 Å². The van der Waals surface area contributed by atoms with E-state index in [1.54, 1.807) is 0 Å². The molecule has 72 valence electrons. The maximum Gasteiger partial charge on any atom is 0.0152 e. The van der Waals surface area contributed by atoms with E-state index in [1.165, 1.54) is 0 Å². The van der Waals surface area contributed by atoms with Crippen LogP contribution in [0.1, 0.15) is 27.7 Å². The van der Waals surface area contributed by atoms with Crippen molar-refractivity contribution in [2.45, 2.75) is 27.7 Å². The fourth-order valence-electron chi connectivity index (χ4n) is 1.06. The van der Waals surface area contributed by atoms with E-state index in [0.717, 1.165) is 26.2 Å². The SMILES string of the molecule is CCN(/C=C/N(CC)CC)CC. The van der Waals surface area contributed by atoms with Crippen LogP contribution in [-0.2, 0) is 0 Å². The molecule has 0 N–H and O–H groups in total. The molecule has 0 fully saturated rings. The molecule has 0 amide bonds. The second-order valence-electron chi connectivity index (χ2n) is 2.74. The van der Waals surface area contributed by atoms with Gasteiger partial charge >= 0.3 is 0 Å². The predicted molar refractivity (Wildman–Crippen MR) is 55.0 cm³/mol. The molecule has 0 aliphatic heterocycles. The van der Waals surface area contributed by atoms with Crippen molar-refractivity contribution in [3.8, 4) is 0 Å². The Kier molecular flexibility index (Phi) is 6.63. The largest absolute Gasteiger partial charge is 0.377 e. The maximum atomic E-state index is 2.29. The monoisotopic (exact) mass is 170 g/mol. The third-order valence-electron chi connectivity index (χ3n) is 2.11. The normalized spacial score (nSPS) is 10.7. The standard InChI is InChI=1S/C10H22N2/c1-5-11(6-2)9-10-12(7-3)8-4/h9-10H,5-8H2,1-4H3/b10-9+. The molecule has 0 aliphatic rings. The van der Waals surface area contributed by atoms with Crippen LogP contribution in [0.3, 0.4) is 0 Å². The van der Waals surface area contributed by atoms with E-state index in [1.807, 2.05) is 0 Å². The molecule has 0 saturated heterocycles. The number of hydrogen-bond acceptors (Lipinski definition) is 2. The summed E-state index contributed by atoms with van der Waals surface area (Å²) in [5.41, 5.74) is 0. The first-order chi connectivity index (χ1) is 5.78. The highest BCUT2D eigenvalue weighted by molar-refractivity contribution is 4.81. The van der Waals surface area contributed by atoms with Crippen molar-refractivity contribution < 1.29 is 0 Å². The van der Waals surface area contributed by atoms with Crippen molar-refractivity contribution in [1.29, 1.82) is 0 Å². The first kappa shape index (κ1) is 11.3. The molecule has 0 aromatic rings. The lowest BCUT2D eigenvalue weighted by molar-refractivity contribution is 0.378. The molecule has 0 unspecified atom stereocenters. The van der Waals surface area contributed by atoms with E-state index in [4.69, 9.17) is 0 Å². The molecular weight excluding hydrogens is 148 g/mol. The van der Waals surface area contributed by atoms with Crippen molar-refractivity contribution in [3.63, 3.8) is 0 Å². The number of hydrogen-bond donors (Lipinski definition) is 0. The Morgan fingerprint density at radius 3 is 1.08 bits per heavy atom. The summed E-state index contributed by atoms with van der Waals surface area (Å²) in [6, 6.07) is 0. The minimum absolute atomic E-state index is 1.09. The van der Waals surface area contributed by atoms with Gasteiger partial charge in [-0.25, -0.2) is 0 Å². The lowest BCUT2D eigenvalue weighted by atomic mass is 10.5. The Morgan fingerprint density at radius 2 is 0.917 bits per heavy atom. The third kappa shape index (κ3) is 4.27. The molecule has 0 rings (SSSR count). The molecule has 12 heavy (non-hydrogen) atoms. The second-order valence-corrected chi connectivity index (χ2v) is 2.74. The van der Waals surface area contributed by atoms with Crippen LogP contribution in [0.15, 0.2) is 12.4 Å². The van der Waals surface area contributed by atoms with E-state index in [9.17, 15) is 0 Å². The Balaban J connectivity index is 3.83. The van der Waals surface area contributed by atoms with E-state index in [0.29, 0.717) is 0 Å². The van der Waals surface area contributed by atoms with E-state index in [2.05, 4.69) is 49.9 Å². The van der Waals surface area contributed by atoms with E-state index < -0.39 is 0 Å². The summed E-state index contributed by atoms with van der Waals surface area (Å²) in [5, 5.41) is 0. The minimum Gasteiger partial charge on any atom is -0.377 e. The first-order valence-electron chi connectivity index (χ1n) is 4.94. The molecule has 2 nitrogen and oxygen atoms in total. The molecular formula is C10H22N2. The molecule has 0 heterocycles. The number of nitrogens with zero attached hydrogens (tertiary/aromatic N) is 2. The highest BCUT2D eigenvalue weighted by Gasteiger charge is 1.92. The second kappa shape index (κ2) is 7.01.